The highest BCUT2D eigenvalue weighted by atomic mass is 32.1. The number of thiophene rings is 1. The number of rotatable bonds is 7. The highest BCUT2D eigenvalue weighted by Gasteiger charge is 2.19. The zero-order valence-corrected chi connectivity index (χ0v) is 19.6. The molecule has 33 heavy (non-hydrogen) atoms. The fourth-order valence-corrected chi connectivity index (χ4v) is 4.32. The van der Waals surface area contributed by atoms with E-state index in [0.717, 1.165) is 16.1 Å². The van der Waals surface area contributed by atoms with Gasteiger partial charge in [0.2, 0.25) is 0 Å². The number of anilines is 1. The molecule has 0 aliphatic heterocycles. The largest absolute Gasteiger partial charge is 0.403 e. The summed E-state index contributed by atoms with van der Waals surface area (Å²) in [4.78, 5) is 28.3. The first-order valence-corrected chi connectivity index (χ1v) is 11.3. The Balaban J connectivity index is 1.76. The molecule has 1 amide bonds. The highest BCUT2D eigenvalue weighted by molar-refractivity contribution is 7.15. The minimum absolute atomic E-state index is 0.246. The van der Waals surface area contributed by atoms with Crippen molar-refractivity contribution in [1.29, 1.82) is 0 Å². The highest BCUT2D eigenvalue weighted by Crippen LogP contribution is 2.32. The molecule has 170 valence electrons. The Hall–Kier alpha value is -3.76. The molecule has 0 aromatic carbocycles. The molecule has 0 saturated carbocycles. The van der Waals surface area contributed by atoms with Crippen LogP contribution in [0.1, 0.15) is 40.0 Å². The fourth-order valence-electron chi connectivity index (χ4n) is 3.44. The smallest absolute Gasteiger partial charge is 0.253 e. The normalized spacial score (nSPS) is 11.7. The molecule has 0 unspecified atom stereocenters. The van der Waals surface area contributed by atoms with Crippen LogP contribution < -0.4 is 21.9 Å². The predicted molar refractivity (Wildman–Crippen MR) is 130 cm³/mol. The van der Waals surface area contributed by atoms with Gasteiger partial charge in [0.05, 0.1) is 28.0 Å². The van der Waals surface area contributed by atoms with Crippen molar-refractivity contribution in [2.24, 2.45) is 11.6 Å². The van der Waals surface area contributed by atoms with Gasteiger partial charge >= 0.3 is 0 Å². The lowest BCUT2D eigenvalue weighted by Gasteiger charge is -2.22. The topological polar surface area (TPSA) is 127 Å². The Bertz CT molecular complexity index is 1320. The number of nitrogens with zero attached hydrogens (tertiary/aromatic N) is 5. The Kier molecular flexibility index (Phi) is 6.38. The lowest BCUT2D eigenvalue weighted by Crippen LogP contribution is -2.32. The van der Waals surface area contributed by atoms with Crippen LogP contribution in [0.15, 0.2) is 54.9 Å². The van der Waals surface area contributed by atoms with E-state index in [-0.39, 0.29) is 5.91 Å². The molecule has 0 saturated heterocycles. The molecule has 4 rings (SSSR count). The number of amides is 1. The quantitative estimate of drug-likeness (QED) is 0.284. The third kappa shape index (κ3) is 4.57. The Morgan fingerprint density at radius 2 is 1.97 bits per heavy atom. The van der Waals surface area contributed by atoms with Crippen molar-refractivity contribution in [1.82, 2.24) is 24.7 Å². The van der Waals surface area contributed by atoms with E-state index in [2.05, 4.69) is 33.3 Å². The molecule has 9 nitrogen and oxygen atoms in total. The lowest BCUT2D eigenvalue weighted by molar-refractivity contribution is 0.0950. The van der Waals surface area contributed by atoms with E-state index in [1.54, 1.807) is 42.2 Å². The molecule has 5 N–H and O–H groups in total. The van der Waals surface area contributed by atoms with Crippen LogP contribution in [0.2, 0.25) is 0 Å². The summed E-state index contributed by atoms with van der Waals surface area (Å²) in [5.74, 6) is 6.85. The van der Waals surface area contributed by atoms with Crippen molar-refractivity contribution in [3.8, 4) is 10.6 Å². The van der Waals surface area contributed by atoms with Crippen LogP contribution in [-0.2, 0) is 6.54 Å². The molecule has 0 aliphatic carbocycles. The van der Waals surface area contributed by atoms with Gasteiger partial charge in [0.25, 0.3) is 5.91 Å². The summed E-state index contributed by atoms with van der Waals surface area (Å²) in [5.41, 5.74) is 9.85. The summed E-state index contributed by atoms with van der Waals surface area (Å²) in [7, 11) is 0. The van der Waals surface area contributed by atoms with E-state index in [4.69, 9.17) is 11.6 Å². The van der Waals surface area contributed by atoms with Crippen LogP contribution in [0, 0.1) is 13.8 Å². The van der Waals surface area contributed by atoms with E-state index >= 15 is 0 Å². The first kappa shape index (κ1) is 22.4. The van der Waals surface area contributed by atoms with Gasteiger partial charge in [0.15, 0.2) is 5.65 Å². The van der Waals surface area contributed by atoms with Crippen LogP contribution in [0.5, 0.6) is 0 Å². The second-order valence-corrected chi connectivity index (χ2v) is 8.85. The molecular weight excluding hydrogens is 436 g/mol. The maximum absolute atomic E-state index is 13.1. The Labute approximate surface area is 195 Å². The number of aryl methyl sites for hydroxylation is 2. The van der Waals surface area contributed by atoms with E-state index in [9.17, 15) is 4.79 Å². The standard InChI is InChI=1S/C23H26N8OS/c1-4-18(8-24)31(25)19-7-17(23(32)29-11-16-9-26-15(3)27-10-16)13-30-20(12-28-22(19)30)21-6-5-14(2)33-21/h5-10,12-13H,4,11,24-25H2,1-3H3,(H,29,32)/b18-8-. The first-order valence-electron chi connectivity index (χ1n) is 10.5. The van der Waals surface area contributed by atoms with Crippen molar-refractivity contribution in [2.75, 3.05) is 5.01 Å². The van der Waals surface area contributed by atoms with E-state index < -0.39 is 0 Å². The molecule has 10 heteroatoms. The average Bonchev–Trinajstić information content (AvgIpc) is 3.44. The van der Waals surface area contributed by atoms with Gasteiger partial charge in [-0.1, -0.05) is 6.92 Å². The predicted octanol–water partition coefficient (Wildman–Crippen LogP) is 3.29. The van der Waals surface area contributed by atoms with Gasteiger partial charge < -0.3 is 11.1 Å². The second-order valence-electron chi connectivity index (χ2n) is 7.56. The number of carbonyl (C=O) groups is 1. The van der Waals surface area contributed by atoms with E-state index in [1.165, 1.54) is 16.1 Å². The minimum atomic E-state index is -0.246. The van der Waals surface area contributed by atoms with Crippen LogP contribution in [0.3, 0.4) is 0 Å². The lowest BCUT2D eigenvalue weighted by atomic mass is 10.2. The molecule has 4 aromatic rings. The summed E-state index contributed by atoms with van der Waals surface area (Å²) >= 11 is 1.66. The molecule has 4 aromatic heterocycles. The maximum atomic E-state index is 13.1. The Morgan fingerprint density at radius 1 is 1.21 bits per heavy atom. The Morgan fingerprint density at radius 3 is 2.61 bits per heavy atom. The van der Waals surface area contributed by atoms with Crippen LogP contribution in [-0.4, -0.2) is 25.3 Å². The third-order valence-electron chi connectivity index (χ3n) is 5.25. The third-order valence-corrected chi connectivity index (χ3v) is 6.28. The molecule has 0 fully saturated rings. The molecule has 0 atom stereocenters. The number of imidazole rings is 1. The number of fused-ring (bicyclic) bond motifs is 1. The zero-order valence-electron chi connectivity index (χ0n) is 18.7. The van der Waals surface area contributed by atoms with Crippen molar-refractivity contribution in [2.45, 2.75) is 33.7 Å². The summed E-state index contributed by atoms with van der Waals surface area (Å²) in [6.07, 6.45) is 9.06. The van der Waals surface area contributed by atoms with Gasteiger partial charge in [0, 0.05) is 41.8 Å². The second kappa shape index (κ2) is 9.39. The summed E-state index contributed by atoms with van der Waals surface area (Å²) in [6.45, 7) is 6.14. The van der Waals surface area contributed by atoms with Crippen LogP contribution in [0.4, 0.5) is 5.69 Å². The number of nitrogens with one attached hydrogen (secondary N) is 1. The monoisotopic (exact) mass is 462 g/mol. The van der Waals surface area contributed by atoms with Crippen molar-refractivity contribution in [3.63, 3.8) is 0 Å². The summed E-state index contributed by atoms with van der Waals surface area (Å²) in [5, 5.41) is 4.41. The molecule has 4 heterocycles. The van der Waals surface area contributed by atoms with Crippen LogP contribution >= 0.6 is 11.3 Å². The van der Waals surface area contributed by atoms with Gasteiger partial charge in [-0.15, -0.1) is 11.3 Å². The molecule has 0 spiro atoms. The number of nitrogens with two attached hydrogens (primary N) is 2. The van der Waals surface area contributed by atoms with E-state index in [1.807, 2.05) is 24.3 Å². The molecule has 0 radical (unpaired) electrons. The maximum Gasteiger partial charge on any atom is 0.253 e. The molecule has 0 bridgehead atoms. The van der Waals surface area contributed by atoms with Gasteiger partial charge in [-0.2, -0.15) is 0 Å². The van der Waals surface area contributed by atoms with E-state index in [0.29, 0.717) is 41.4 Å². The van der Waals surface area contributed by atoms with Gasteiger partial charge in [0.1, 0.15) is 11.5 Å². The average molecular weight is 463 g/mol. The number of hydrogen-bond acceptors (Lipinski definition) is 8. The van der Waals surface area contributed by atoms with Crippen molar-refractivity contribution in [3.05, 3.63) is 76.7 Å². The van der Waals surface area contributed by atoms with Gasteiger partial charge in [-0.25, -0.2) is 20.8 Å². The van der Waals surface area contributed by atoms with Gasteiger partial charge in [-0.3, -0.25) is 14.2 Å². The van der Waals surface area contributed by atoms with Crippen LogP contribution in [0.25, 0.3) is 16.2 Å². The number of hydrogen-bond donors (Lipinski definition) is 3. The summed E-state index contributed by atoms with van der Waals surface area (Å²) < 4.78 is 1.90. The van der Waals surface area contributed by atoms with Gasteiger partial charge in [-0.05, 0) is 38.5 Å². The van der Waals surface area contributed by atoms with Crippen molar-refractivity contribution >= 4 is 28.6 Å². The number of allylic oxidation sites excluding steroid dienone is 1. The fraction of sp³-hybridized carbons (Fsp3) is 0.217. The van der Waals surface area contributed by atoms with Crippen molar-refractivity contribution < 1.29 is 4.79 Å². The summed E-state index contributed by atoms with van der Waals surface area (Å²) in [6, 6.07) is 5.83. The zero-order chi connectivity index (χ0) is 23.5. The number of pyridine rings is 1. The molecule has 0 aliphatic rings. The minimum Gasteiger partial charge on any atom is -0.403 e. The first-order chi connectivity index (χ1) is 15.9. The number of hydrazine groups is 1. The SMILES string of the molecule is CC/C(=C/N)N(N)c1cc(C(=O)NCc2cnc(C)nc2)cn2c(-c3ccc(C)s3)cnc12. The molecular formula is C23H26N8OS. The number of aromatic nitrogens is 4. The number of carbonyl (C=O) groups excluding carboxylic acids is 1.